The normalized spacial score (nSPS) is 31.5. The molecule has 0 radical (unpaired) electrons. The Labute approximate surface area is 236 Å². The Morgan fingerprint density at radius 2 is 1.48 bits per heavy atom. The third-order valence-electron chi connectivity index (χ3n) is 7.40. The maximum atomic E-state index is 13.2. The summed E-state index contributed by atoms with van der Waals surface area (Å²) in [5.41, 5.74) is -1.02. The molecule has 0 saturated carbocycles. The fraction of sp³-hybridized carbons (Fsp3) is 0.444. The number of ether oxygens (including phenoxy) is 4. The highest BCUT2D eigenvalue weighted by atomic mass is 16.7. The van der Waals surface area contributed by atoms with Crippen LogP contribution in [0.1, 0.15) is 11.7 Å². The molecule has 15 nitrogen and oxygen atoms in total. The quantitative estimate of drug-likeness (QED) is 0.142. The molecule has 0 spiro atoms. The van der Waals surface area contributed by atoms with Gasteiger partial charge in [-0.1, -0.05) is 0 Å². The second-order valence-electron chi connectivity index (χ2n) is 9.96. The Balaban J connectivity index is 1.70. The van der Waals surface area contributed by atoms with E-state index in [-0.39, 0.29) is 33.6 Å². The molecule has 9 unspecified atom stereocenters. The number of benzene rings is 2. The molecule has 9 atom stereocenters. The van der Waals surface area contributed by atoms with Crippen molar-refractivity contribution in [3.63, 3.8) is 0 Å². The van der Waals surface area contributed by atoms with Crippen LogP contribution in [0.2, 0.25) is 0 Å². The lowest BCUT2D eigenvalue weighted by Gasteiger charge is -2.43. The zero-order valence-electron chi connectivity index (χ0n) is 22.0. The van der Waals surface area contributed by atoms with Crippen LogP contribution in [0, 0.1) is 0 Å². The van der Waals surface area contributed by atoms with Crippen molar-refractivity contribution in [3.8, 4) is 34.3 Å². The summed E-state index contributed by atoms with van der Waals surface area (Å²) in [6.07, 6.45) is -14.2. The number of aromatic hydroxyl groups is 3. The van der Waals surface area contributed by atoms with E-state index in [1.54, 1.807) is 0 Å². The molecule has 2 aliphatic rings. The van der Waals surface area contributed by atoms with Gasteiger partial charge in [-0.3, -0.25) is 4.79 Å². The number of fused-ring (bicyclic) bond motifs is 1. The van der Waals surface area contributed by atoms with Gasteiger partial charge in [0.05, 0.1) is 25.9 Å². The van der Waals surface area contributed by atoms with Gasteiger partial charge in [-0.15, -0.1) is 0 Å². The summed E-state index contributed by atoms with van der Waals surface area (Å²) in [5, 5.41) is 91.7. The van der Waals surface area contributed by atoms with Crippen LogP contribution >= 0.6 is 0 Å². The monoisotopic (exact) mass is 594 g/mol. The highest BCUT2D eigenvalue weighted by Crippen LogP contribution is 2.46. The van der Waals surface area contributed by atoms with E-state index in [0.29, 0.717) is 0 Å². The van der Waals surface area contributed by atoms with E-state index in [1.807, 2.05) is 0 Å². The average molecular weight is 595 g/mol. The summed E-state index contributed by atoms with van der Waals surface area (Å²) in [4.78, 5) is 13.2. The first-order chi connectivity index (χ1) is 20.0. The zero-order valence-corrected chi connectivity index (χ0v) is 22.0. The summed E-state index contributed by atoms with van der Waals surface area (Å²) >= 11 is 0. The smallest absolute Gasteiger partial charge is 0.197 e. The molecule has 2 aliphatic heterocycles. The molecule has 3 heterocycles. The summed E-state index contributed by atoms with van der Waals surface area (Å²) in [7, 11) is 1.23. The van der Waals surface area contributed by atoms with Crippen molar-refractivity contribution in [2.24, 2.45) is 0 Å². The van der Waals surface area contributed by atoms with Crippen molar-refractivity contribution >= 4 is 11.0 Å². The van der Waals surface area contributed by atoms with E-state index < -0.39 is 91.0 Å². The molecule has 0 aliphatic carbocycles. The van der Waals surface area contributed by atoms with Crippen LogP contribution in [0.15, 0.2) is 39.5 Å². The second kappa shape index (κ2) is 11.6. The van der Waals surface area contributed by atoms with Gasteiger partial charge in [0, 0.05) is 17.7 Å². The summed E-state index contributed by atoms with van der Waals surface area (Å²) in [6.45, 7) is -1.44. The number of hydrogen-bond donors (Lipinski definition) is 9. The highest BCUT2D eigenvalue weighted by molar-refractivity contribution is 5.89. The lowest BCUT2D eigenvalue weighted by Crippen LogP contribution is -2.57. The van der Waals surface area contributed by atoms with Gasteiger partial charge in [-0.05, 0) is 18.2 Å². The molecule has 5 rings (SSSR count). The van der Waals surface area contributed by atoms with Gasteiger partial charge in [0.2, 0.25) is 0 Å². The molecule has 1 aromatic heterocycles. The lowest BCUT2D eigenvalue weighted by atomic mass is 9.89. The van der Waals surface area contributed by atoms with E-state index in [1.165, 1.54) is 13.2 Å². The number of phenols is 3. The summed E-state index contributed by atoms with van der Waals surface area (Å²) in [5.74, 6) is -1.73. The van der Waals surface area contributed by atoms with Crippen molar-refractivity contribution in [2.75, 3.05) is 20.3 Å². The first kappa shape index (κ1) is 30.0. The van der Waals surface area contributed by atoms with E-state index >= 15 is 0 Å². The van der Waals surface area contributed by atoms with Gasteiger partial charge in [0.25, 0.3) is 0 Å². The molecule has 3 aromatic rings. The Morgan fingerprint density at radius 3 is 2.10 bits per heavy atom. The Morgan fingerprint density at radius 1 is 0.810 bits per heavy atom. The fourth-order valence-corrected chi connectivity index (χ4v) is 5.18. The van der Waals surface area contributed by atoms with Crippen molar-refractivity contribution in [1.29, 1.82) is 0 Å². The van der Waals surface area contributed by atoms with Crippen LogP contribution in [0.25, 0.3) is 22.3 Å². The third kappa shape index (κ3) is 5.04. The number of phenolic OH excluding ortho intramolecular Hbond substituents is 3. The van der Waals surface area contributed by atoms with Crippen molar-refractivity contribution in [2.45, 2.75) is 55.1 Å². The summed E-state index contributed by atoms with van der Waals surface area (Å²) < 4.78 is 28.6. The Bertz CT molecular complexity index is 1510. The van der Waals surface area contributed by atoms with E-state index in [2.05, 4.69) is 0 Å². The number of rotatable bonds is 7. The maximum Gasteiger partial charge on any atom is 0.197 e. The maximum absolute atomic E-state index is 13.2. The third-order valence-corrected chi connectivity index (χ3v) is 7.40. The van der Waals surface area contributed by atoms with Gasteiger partial charge in [-0.25, -0.2) is 0 Å². The van der Waals surface area contributed by atoms with Gasteiger partial charge >= 0.3 is 0 Å². The standard InChI is InChI=1S/C27H30O15/c1-38-15-6-13(33)18-12(32)5-14(9-2-3-10(30)11(31)4-9)39-24(18)19(15)25-26(22(36)20(34)16(7-28)40-25)42-27-23(37)21(35)17(8-29)41-27/h2-6,16-17,20-23,25-31,33-37H,7-8H2,1H3. The predicted octanol–water partition coefficient (Wildman–Crippen LogP) is -1.44. The SMILES string of the molecule is COc1cc(O)c2c(=O)cc(-c3ccc(O)c(O)c3)oc2c1C1OC(CO)C(O)C(O)C1OC1OC(CO)C(O)C1O. The molecule has 0 bridgehead atoms. The molecular formula is C27H30O15. The van der Waals surface area contributed by atoms with Crippen molar-refractivity contribution < 1.29 is 69.3 Å². The Kier molecular flexibility index (Phi) is 8.30. The fourth-order valence-electron chi connectivity index (χ4n) is 5.18. The minimum atomic E-state index is -1.82. The van der Waals surface area contributed by atoms with Gasteiger partial charge in [0.1, 0.15) is 71.5 Å². The predicted molar refractivity (Wildman–Crippen MR) is 139 cm³/mol. The van der Waals surface area contributed by atoms with Gasteiger partial charge in [-0.2, -0.15) is 0 Å². The van der Waals surface area contributed by atoms with Crippen LogP contribution in [0.3, 0.4) is 0 Å². The van der Waals surface area contributed by atoms with Gasteiger partial charge < -0.3 is 69.3 Å². The number of hydrogen-bond acceptors (Lipinski definition) is 15. The lowest BCUT2D eigenvalue weighted by molar-refractivity contribution is -0.289. The molecule has 15 heteroatoms. The minimum absolute atomic E-state index is 0.117. The topological polar surface area (TPSA) is 249 Å². The highest BCUT2D eigenvalue weighted by Gasteiger charge is 2.52. The van der Waals surface area contributed by atoms with E-state index in [9.17, 15) is 50.8 Å². The molecular weight excluding hydrogens is 564 g/mol. The molecule has 0 amide bonds. The molecule has 2 saturated heterocycles. The largest absolute Gasteiger partial charge is 0.507 e. The molecule has 42 heavy (non-hydrogen) atoms. The van der Waals surface area contributed by atoms with Crippen molar-refractivity contribution in [3.05, 3.63) is 46.1 Å². The number of aliphatic hydroxyl groups excluding tert-OH is 6. The van der Waals surface area contributed by atoms with Gasteiger partial charge in [0.15, 0.2) is 28.8 Å². The first-order valence-corrected chi connectivity index (χ1v) is 12.8. The molecule has 2 aromatic carbocycles. The first-order valence-electron chi connectivity index (χ1n) is 12.8. The number of methoxy groups -OCH3 is 1. The Hall–Kier alpha value is -3.51. The van der Waals surface area contributed by atoms with Crippen LogP contribution in [0.4, 0.5) is 0 Å². The van der Waals surface area contributed by atoms with E-state index in [0.717, 1.165) is 24.3 Å². The second-order valence-corrected chi connectivity index (χ2v) is 9.96. The minimum Gasteiger partial charge on any atom is -0.507 e. The molecule has 9 N–H and O–H groups in total. The van der Waals surface area contributed by atoms with Crippen LogP contribution in [-0.4, -0.2) is 115 Å². The number of aliphatic hydroxyl groups is 6. The summed E-state index contributed by atoms with van der Waals surface area (Å²) in [6, 6.07) is 5.77. The van der Waals surface area contributed by atoms with E-state index in [4.69, 9.17) is 23.4 Å². The van der Waals surface area contributed by atoms with Crippen molar-refractivity contribution in [1.82, 2.24) is 0 Å². The zero-order chi connectivity index (χ0) is 30.5. The molecule has 228 valence electrons. The van der Waals surface area contributed by atoms with Crippen LogP contribution in [-0.2, 0) is 14.2 Å². The average Bonchev–Trinajstić information content (AvgIpc) is 3.24. The molecule has 2 fully saturated rings. The van der Waals surface area contributed by atoms with Crippen LogP contribution < -0.4 is 10.2 Å². The van der Waals surface area contributed by atoms with Crippen LogP contribution in [0.5, 0.6) is 23.0 Å².